The minimum atomic E-state index is -3.64. The lowest BCUT2D eigenvalue weighted by molar-refractivity contribution is -0.136. The second-order valence-electron chi connectivity index (χ2n) is 3.85. The maximum absolute atomic E-state index is 12.0. The van der Waals surface area contributed by atoms with Gasteiger partial charge in [0.05, 0.1) is 5.75 Å². The molecule has 17 heavy (non-hydrogen) atoms. The van der Waals surface area contributed by atoms with E-state index in [1.807, 2.05) is 6.92 Å². The van der Waals surface area contributed by atoms with Gasteiger partial charge < -0.3 is 5.11 Å². The van der Waals surface area contributed by atoms with E-state index in [1.165, 1.54) is 12.1 Å². The zero-order valence-corrected chi connectivity index (χ0v) is 10.5. The first-order valence-electron chi connectivity index (χ1n) is 5.48. The van der Waals surface area contributed by atoms with Crippen molar-refractivity contribution in [3.05, 3.63) is 35.9 Å². The number of hydrogen-bond donors (Lipinski definition) is 1. The third-order valence-corrected chi connectivity index (χ3v) is 4.52. The van der Waals surface area contributed by atoms with Gasteiger partial charge in [-0.15, -0.1) is 0 Å². The Morgan fingerprint density at radius 3 is 2.35 bits per heavy atom. The van der Waals surface area contributed by atoms with Crippen molar-refractivity contribution in [2.24, 2.45) is 0 Å². The van der Waals surface area contributed by atoms with Crippen LogP contribution < -0.4 is 0 Å². The third kappa shape index (κ3) is 3.56. The first kappa shape index (κ1) is 13.7. The Hall–Kier alpha value is -1.36. The van der Waals surface area contributed by atoms with E-state index in [2.05, 4.69) is 0 Å². The van der Waals surface area contributed by atoms with Gasteiger partial charge in [0.25, 0.3) is 0 Å². The Labute approximate surface area is 101 Å². The Morgan fingerprint density at radius 1 is 1.29 bits per heavy atom. The summed E-state index contributed by atoms with van der Waals surface area (Å²) in [4.78, 5) is 11.1. The zero-order valence-electron chi connectivity index (χ0n) is 9.67. The number of unbranched alkanes of at least 4 members (excludes halogenated alkanes) is 1. The Balaban J connectivity index is 3.07. The SMILES string of the molecule is CCCCS(=O)(=O)C(C(=O)O)c1ccccc1. The molecular weight excluding hydrogens is 240 g/mol. The van der Waals surface area contributed by atoms with Crippen LogP contribution in [0.25, 0.3) is 0 Å². The van der Waals surface area contributed by atoms with Crippen LogP contribution in [0.2, 0.25) is 0 Å². The molecule has 0 aliphatic rings. The number of hydrogen-bond acceptors (Lipinski definition) is 3. The highest BCUT2D eigenvalue weighted by Crippen LogP contribution is 2.24. The van der Waals surface area contributed by atoms with E-state index in [0.29, 0.717) is 12.0 Å². The monoisotopic (exact) mass is 256 g/mol. The molecule has 0 saturated heterocycles. The second-order valence-corrected chi connectivity index (χ2v) is 6.05. The molecule has 1 rings (SSSR count). The molecule has 0 aromatic heterocycles. The maximum atomic E-state index is 12.0. The molecule has 0 fully saturated rings. The summed E-state index contributed by atoms with van der Waals surface area (Å²) in [5.74, 6) is -1.40. The van der Waals surface area contributed by atoms with Gasteiger partial charge in [-0.1, -0.05) is 43.7 Å². The van der Waals surface area contributed by atoms with Gasteiger partial charge in [0.15, 0.2) is 15.1 Å². The summed E-state index contributed by atoms with van der Waals surface area (Å²) < 4.78 is 23.9. The van der Waals surface area contributed by atoms with Crippen molar-refractivity contribution in [3.63, 3.8) is 0 Å². The summed E-state index contributed by atoms with van der Waals surface area (Å²) in [6, 6.07) is 8.06. The van der Waals surface area contributed by atoms with Gasteiger partial charge in [-0.25, -0.2) is 8.42 Å². The van der Waals surface area contributed by atoms with Crippen molar-refractivity contribution < 1.29 is 18.3 Å². The lowest BCUT2D eigenvalue weighted by Gasteiger charge is -2.13. The van der Waals surface area contributed by atoms with Gasteiger partial charge in [-0.3, -0.25) is 4.79 Å². The second kappa shape index (κ2) is 5.82. The van der Waals surface area contributed by atoms with E-state index in [4.69, 9.17) is 5.11 Å². The maximum Gasteiger partial charge on any atom is 0.326 e. The van der Waals surface area contributed by atoms with Crippen LogP contribution in [0.3, 0.4) is 0 Å². The van der Waals surface area contributed by atoms with Crippen LogP contribution >= 0.6 is 0 Å². The fourth-order valence-electron chi connectivity index (χ4n) is 1.59. The predicted octanol–water partition coefficient (Wildman–Crippen LogP) is 2.03. The molecule has 94 valence electrons. The van der Waals surface area contributed by atoms with Crippen LogP contribution in [0.15, 0.2) is 30.3 Å². The molecule has 1 N–H and O–H groups in total. The summed E-state index contributed by atoms with van der Waals surface area (Å²) in [6.07, 6.45) is 1.21. The molecule has 0 spiro atoms. The Morgan fingerprint density at radius 2 is 1.88 bits per heavy atom. The lowest BCUT2D eigenvalue weighted by Crippen LogP contribution is -2.24. The van der Waals surface area contributed by atoms with Crippen molar-refractivity contribution >= 4 is 15.8 Å². The summed E-state index contributed by atoms with van der Waals surface area (Å²) in [6.45, 7) is 1.87. The van der Waals surface area contributed by atoms with Crippen LogP contribution in [0.5, 0.6) is 0 Å². The van der Waals surface area contributed by atoms with Crippen LogP contribution in [0.4, 0.5) is 0 Å². The van der Waals surface area contributed by atoms with E-state index < -0.39 is 21.1 Å². The number of carboxylic acids is 1. The molecule has 0 radical (unpaired) electrons. The molecule has 1 aromatic carbocycles. The van der Waals surface area contributed by atoms with Crippen LogP contribution in [-0.2, 0) is 14.6 Å². The van der Waals surface area contributed by atoms with Gasteiger partial charge in [0.2, 0.25) is 0 Å². The number of sulfone groups is 1. The smallest absolute Gasteiger partial charge is 0.326 e. The standard InChI is InChI=1S/C12H16O4S/c1-2-3-9-17(15,16)11(12(13)14)10-7-5-4-6-8-10/h4-8,11H,2-3,9H2,1H3,(H,13,14). The van der Waals surface area contributed by atoms with Crippen molar-refractivity contribution in [1.29, 1.82) is 0 Å². The number of carbonyl (C=O) groups is 1. The zero-order chi connectivity index (χ0) is 12.9. The molecule has 0 bridgehead atoms. The number of benzene rings is 1. The summed E-state index contributed by atoms with van der Waals surface area (Å²) >= 11 is 0. The minimum Gasteiger partial charge on any atom is -0.480 e. The van der Waals surface area contributed by atoms with Crippen molar-refractivity contribution in [3.8, 4) is 0 Å². The van der Waals surface area contributed by atoms with Crippen molar-refractivity contribution in [2.45, 2.75) is 25.0 Å². The Bertz CT molecular complexity index is 465. The highest BCUT2D eigenvalue weighted by atomic mass is 32.2. The Kier molecular flexibility index (Phi) is 4.69. The topological polar surface area (TPSA) is 71.4 Å². The summed E-state index contributed by atoms with van der Waals surface area (Å²) in [5, 5.41) is 7.63. The van der Waals surface area contributed by atoms with E-state index in [0.717, 1.165) is 6.42 Å². The largest absolute Gasteiger partial charge is 0.480 e. The van der Waals surface area contributed by atoms with E-state index in [-0.39, 0.29) is 5.75 Å². The molecule has 0 aliphatic carbocycles. The van der Waals surface area contributed by atoms with Crippen LogP contribution in [-0.4, -0.2) is 25.2 Å². The van der Waals surface area contributed by atoms with Gasteiger partial charge in [0, 0.05) is 0 Å². The number of aliphatic carboxylic acids is 1. The molecule has 1 atom stereocenters. The first-order chi connectivity index (χ1) is 7.99. The van der Waals surface area contributed by atoms with Crippen molar-refractivity contribution in [2.75, 3.05) is 5.75 Å². The molecule has 1 aromatic rings. The molecule has 0 saturated carbocycles. The molecule has 4 nitrogen and oxygen atoms in total. The van der Waals surface area contributed by atoms with E-state index in [9.17, 15) is 13.2 Å². The van der Waals surface area contributed by atoms with E-state index >= 15 is 0 Å². The number of rotatable bonds is 6. The van der Waals surface area contributed by atoms with Crippen LogP contribution in [0.1, 0.15) is 30.6 Å². The normalized spacial score (nSPS) is 13.2. The molecular formula is C12H16O4S. The highest BCUT2D eigenvalue weighted by Gasteiger charge is 2.33. The summed E-state index contributed by atoms with van der Waals surface area (Å²) in [7, 11) is -3.64. The average molecular weight is 256 g/mol. The highest BCUT2D eigenvalue weighted by molar-refractivity contribution is 7.92. The van der Waals surface area contributed by atoms with Crippen molar-refractivity contribution in [1.82, 2.24) is 0 Å². The van der Waals surface area contributed by atoms with Gasteiger partial charge in [0.1, 0.15) is 0 Å². The van der Waals surface area contributed by atoms with E-state index in [1.54, 1.807) is 18.2 Å². The third-order valence-electron chi connectivity index (χ3n) is 2.47. The quantitative estimate of drug-likeness (QED) is 0.845. The first-order valence-corrected chi connectivity index (χ1v) is 7.20. The molecule has 0 heterocycles. The molecule has 0 amide bonds. The molecule has 1 unspecified atom stereocenters. The predicted molar refractivity (Wildman–Crippen MR) is 65.5 cm³/mol. The fraction of sp³-hybridized carbons (Fsp3) is 0.417. The molecule has 5 heteroatoms. The average Bonchev–Trinajstić information content (AvgIpc) is 2.27. The lowest BCUT2D eigenvalue weighted by atomic mass is 10.1. The van der Waals surface area contributed by atoms with Gasteiger partial charge >= 0.3 is 5.97 Å². The van der Waals surface area contributed by atoms with Gasteiger partial charge in [-0.2, -0.15) is 0 Å². The minimum absolute atomic E-state index is 0.0879. The molecule has 0 aliphatic heterocycles. The summed E-state index contributed by atoms with van der Waals surface area (Å²) in [5.41, 5.74) is 0.316. The number of carboxylic acid groups (broad SMARTS) is 1. The fourth-order valence-corrected chi connectivity index (χ4v) is 3.40. The van der Waals surface area contributed by atoms with Gasteiger partial charge in [-0.05, 0) is 12.0 Å². The van der Waals surface area contributed by atoms with Crippen LogP contribution in [0, 0.1) is 0 Å².